The van der Waals surface area contributed by atoms with E-state index in [0.717, 1.165) is 19.6 Å². The number of rotatable bonds is 7. The number of nitrogens with one attached hydrogen (secondary N) is 2. The summed E-state index contributed by atoms with van der Waals surface area (Å²) in [5.41, 5.74) is 1.35. The van der Waals surface area contributed by atoms with E-state index in [1.165, 1.54) is 12.0 Å². The maximum atomic E-state index is 3.46. The van der Waals surface area contributed by atoms with Crippen LogP contribution >= 0.6 is 0 Å². The molecule has 2 N–H and O–H groups in total. The Kier molecular flexibility index (Phi) is 6.05. The molecule has 0 aliphatic carbocycles. The van der Waals surface area contributed by atoms with Gasteiger partial charge in [-0.2, -0.15) is 0 Å². The molecule has 1 rings (SSSR count). The second kappa shape index (κ2) is 7.43. The molecule has 0 radical (unpaired) electrons. The zero-order valence-corrected chi connectivity index (χ0v) is 9.79. The highest BCUT2D eigenvalue weighted by atomic mass is 15.0. The van der Waals surface area contributed by atoms with Gasteiger partial charge in [0.25, 0.3) is 0 Å². The molecular weight excluding hydrogens is 184 g/mol. The number of benzene rings is 1. The van der Waals surface area contributed by atoms with Crippen molar-refractivity contribution >= 4 is 0 Å². The summed E-state index contributed by atoms with van der Waals surface area (Å²) in [5.74, 6) is 0. The average Bonchev–Trinajstić information content (AvgIpc) is 2.28. The van der Waals surface area contributed by atoms with Gasteiger partial charge in [0.2, 0.25) is 0 Å². The third kappa shape index (κ3) is 5.55. The summed E-state index contributed by atoms with van der Waals surface area (Å²) in [6, 6.07) is 11.1. The van der Waals surface area contributed by atoms with Crippen LogP contribution in [0.15, 0.2) is 30.3 Å². The highest BCUT2D eigenvalue weighted by Gasteiger charge is 1.98. The van der Waals surface area contributed by atoms with Crippen LogP contribution in [-0.4, -0.2) is 19.1 Å². The first-order valence-corrected chi connectivity index (χ1v) is 5.81. The molecule has 0 aromatic heterocycles. The van der Waals surface area contributed by atoms with Crippen LogP contribution < -0.4 is 10.6 Å². The van der Waals surface area contributed by atoms with E-state index < -0.39 is 0 Å². The summed E-state index contributed by atoms with van der Waals surface area (Å²) in [6.45, 7) is 7.49. The molecule has 1 atom stereocenters. The fourth-order valence-electron chi connectivity index (χ4n) is 1.49. The summed E-state index contributed by atoms with van der Waals surface area (Å²) >= 11 is 0. The van der Waals surface area contributed by atoms with E-state index in [1.54, 1.807) is 0 Å². The van der Waals surface area contributed by atoms with E-state index in [-0.39, 0.29) is 0 Å². The Hall–Kier alpha value is -0.860. The van der Waals surface area contributed by atoms with Crippen molar-refractivity contribution in [2.24, 2.45) is 0 Å². The van der Waals surface area contributed by atoms with Crippen LogP contribution in [0.25, 0.3) is 0 Å². The van der Waals surface area contributed by atoms with E-state index in [0.29, 0.717) is 6.04 Å². The van der Waals surface area contributed by atoms with E-state index in [4.69, 9.17) is 0 Å². The van der Waals surface area contributed by atoms with Crippen molar-refractivity contribution in [3.8, 4) is 0 Å². The normalized spacial score (nSPS) is 12.7. The Morgan fingerprint density at radius 1 is 1.20 bits per heavy atom. The van der Waals surface area contributed by atoms with Crippen molar-refractivity contribution < 1.29 is 0 Å². The molecule has 0 spiro atoms. The molecule has 0 saturated carbocycles. The molecule has 2 nitrogen and oxygen atoms in total. The first-order chi connectivity index (χ1) is 7.33. The largest absolute Gasteiger partial charge is 0.313 e. The minimum Gasteiger partial charge on any atom is -0.313 e. The molecule has 84 valence electrons. The maximum absolute atomic E-state index is 3.46. The average molecular weight is 206 g/mol. The van der Waals surface area contributed by atoms with Crippen molar-refractivity contribution in [3.63, 3.8) is 0 Å². The van der Waals surface area contributed by atoms with Crippen molar-refractivity contribution in [2.45, 2.75) is 32.9 Å². The summed E-state index contributed by atoms with van der Waals surface area (Å²) in [7, 11) is 0. The molecule has 0 bridgehead atoms. The van der Waals surface area contributed by atoms with Crippen LogP contribution in [0, 0.1) is 0 Å². The smallest absolute Gasteiger partial charge is 0.0206 e. The summed E-state index contributed by atoms with van der Waals surface area (Å²) in [5, 5.41) is 6.90. The SMILES string of the molecule is CCCNC(C)CNCc1ccccc1. The second-order valence-corrected chi connectivity index (χ2v) is 3.97. The Morgan fingerprint density at radius 3 is 2.60 bits per heavy atom. The Labute approximate surface area is 93.1 Å². The molecule has 1 unspecified atom stereocenters. The molecule has 15 heavy (non-hydrogen) atoms. The van der Waals surface area contributed by atoms with Gasteiger partial charge in [0.05, 0.1) is 0 Å². The second-order valence-electron chi connectivity index (χ2n) is 3.97. The van der Waals surface area contributed by atoms with Gasteiger partial charge in [0.1, 0.15) is 0 Å². The number of hydrogen-bond donors (Lipinski definition) is 2. The maximum Gasteiger partial charge on any atom is 0.0206 e. The van der Waals surface area contributed by atoms with Crippen molar-refractivity contribution in [3.05, 3.63) is 35.9 Å². The fraction of sp³-hybridized carbons (Fsp3) is 0.538. The van der Waals surface area contributed by atoms with Crippen LogP contribution in [0.4, 0.5) is 0 Å². The standard InChI is InChI=1S/C13H22N2/c1-3-9-15-12(2)10-14-11-13-7-5-4-6-8-13/h4-8,12,14-15H,3,9-11H2,1-2H3. The van der Waals surface area contributed by atoms with Crippen LogP contribution in [0.2, 0.25) is 0 Å². The Balaban J connectivity index is 2.11. The van der Waals surface area contributed by atoms with E-state index in [9.17, 15) is 0 Å². The molecule has 0 saturated heterocycles. The monoisotopic (exact) mass is 206 g/mol. The third-order valence-electron chi connectivity index (χ3n) is 2.37. The van der Waals surface area contributed by atoms with E-state index in [1.807, 2.05) is 0 Å². The lowest BCUT2D eigenvalue weighted by Gasteiger charge is -2.13. The zero-order valence-electron chi connectivity index (χ0n) is 9.79. The molecule has 2 heteroatoms. The Morgan fingerprint density at radius 2 is 1.93 bits per heavy atom. The molecular formula is C13H22N2. The van der Waals surface area contributed by atoms with Crippen molar-refractivity contribution in [2.75, 3.05) is 13.1 Å². The van der Waals surface area contributed by atoms with Gasteiger partial charge in [0.15, 0.2) is 0 Å². The molecule has 0 aliphatic rings. The highest BCUT2D eigenvalue weighted by Crippen LogP contribution is 1.96. The molecule has 1 aromatic rings. The highest BCUT2D eigenvalue weighted by molar-refractivity contribution is 5.14. The van der Waals surface area contributed by atoms with Gasteiger partial charge < -0.3 is 10.6 Å². The summed E-state index contributed by atoms with van der Waals surface area (Å²) < 4.78 is 0. The summed E-state index contributed by atoms with van der Waals surface area (Å²) in [6.07, 6.45) is 1.20. The van der Waals surface area contributed by atoms with Crippen LogP contribution in [0.3, 0.4) is 0 Å². The van der Waals surface area contributed by atoms with E-state index >= 15 is 0 Å². The molecule has 1 aromatic carbocycles. The predicted molar refractivity (Wildman–Crippen MR) is 65.9 cm³/mol. The molecule has 0 heterocycles. The van der Waals surface area contributed by atoms with Crippen LogP contribution in [-0.2, 0) is 6.54 Å². The van der Waals surface area contributed by atoms with Gasteiger partial charge in [0, 0.05) is 19.1 Å². The predicted octanol–water partition coefficient (Wildman–Crippen LogP) is 2.16. The van der Waals surface area contributed by atoms with Gasteiger partial charge >= 0.3 is 0 Å². The van der Waals surface area contributed by atoms with Gasteiger partial charge in [-0.05, 0) is 25.5 Å². The van der Waals surface area contributed by atoms with Gasteiger partial charge in [-0.25, -0.2) is 0 Å². The Bertz CT molecular complexity index is 246. The lowest BCUT2D eigenvalue weighted by molar-refractivity contribution is 0.501. The first-order valence-electron chi connectivity index (χ1n) is 5.81. The zero-order chi connectivity index (χ0) is 10.9. The van der Waals surface area contributed by atoms with Crippen LogP contribution in [0.1, 0.15) is 25.8 Å². The lowest BCUT2D eigenvalue weighted by atomic mass is 10.2. The van der Waals surface area contributed by atoms with Crippen LogP contribution in [0.5, 0.6) is 0 Å². The van der Waals surface area contributed by atoms with Crippen molar-refractivity contribution in [1.29, 1.82) is 0 Å². The number of hydrogen-bond acceptors (Lipinski definition) is 2. The minimum absolute atomic E-state index is 0.550. The third-order valence-corrected chi connectivity index (χ3v) is 2.37. The first kappa shape index (κ1) is 12.2. The van der Waals surface area contributed by atoms with E-state index in [2.05, 4.69) is 54.8 Å². The molecule has 0 amide bonds. The fourth-order valence-corrected chi connectivity index (χ4v) is 1.49. The lowest BCUT2D eigenvalue weighted by Crippen LogP contribution is -2.36. The van der Waals surface area contributed by atoms with Gasteiger partial charge in [-0.1, -0.05) is 37.3 Å². The van der Waals surface area contributed by atoms with Gasteiger partial charge in [-0.3, -0.25) is 0 Å². The minimum atomic E-state index is 0.550. The summed E-state index contributed by atoms with van der Waals surface area (Å²) in [4.78, 5) is 0. The molecule has 0 aliphatic heterocycles. The van der Waals surface area contributed by atoms with Gasteiger partial charge in [-0.15, -0.1) is 0 Å². The quantitative estimate of drug-likeness (QED) is 0.714. The molecule has 0 fully saturated rings. The topological polar surface area (TPSA) is 24.1 Å². The van der Waals surface area contributed by atoms with Crippen molar-refractivity contribution in [1.82, 2.24) is 10.6 Å².